The summed E-state index contributed by atoms with van der Waals surface area (Å²) >= 11 is 0. The number of carbonyl (C=O) groups is 2. The summed E-state index contributed by atoms with van der Waals surface area (Å²) in [6.07, 6.45) is -0.827. The predicted molar refractivity (Wildman–Crippen MR) is 78.8 cm³/mol. The molecule has 20 heavy (non-hydrogen) atoms. The van der Waals surface area contributed by atoms with Crippen molar-refractivity contribution in [2.75, 3.05) is 38.8 Å². The number of benzene rings is 1. The normalized spacial score (nSPS) is 11.7. The first-order valence-corrected chi connectivity index (χ1v) is 6.23. The van der Waals surface area contributed by atoms with Crippen LogP contribution in [0.5, 0.6) is 0 Å². The molecule has 6 nitrogen and oxygen atoms in total. The number of ether oxygens (including phenoxy) is 1. The summed E-state index contributed by atoms with van der Waals surface area (Å²) < 4.78 is 5.12. The number of esters is 1. The van der Waals surface area contributed by atoms with E-state index in [2.05, 4.69) is 0 Å². The molecule has 0 fully saturated rings. The molecule has 1 atom stereocenters. The third kappa shape index (κ3) is 3.63. The van der Waals surface area contributed by atoms with Gasteiger partial charge in [0.15, 0.2) is 6.10 Å². The van der Waals surface area contributed by atoms with Gasteiger partial charge in [0.05, 0.1) is 16.9 Å². The molecule has 110 valence electrons. The van der Waals surface area contributed by atoms with Crippen molar-refractivity contribution in [3.05, 3.63) is 23.8 Å². The Kier molecular flexibility index (Phi) is 4.96. The number of hydrogen-bond donors (Lipinski definition) is 1. The second-order valence-electron chi connectivity index (χ2n) is 4.95. The van der Waals surface area contributed by atoms with E-state index in [0.717, 1.165) is 5.69 Å². The van der Waals surface area contributed by atoms with E-state index in [1.165, 1.54) is 11.8 Å². The number of nitrogen functional groups attached to an aromatic ring is 1. The van der Waals surface area contributed by atoms with Crippen LogP contribution in [0.15, 0.2) is 18.2 Å². The van der Waals surface area contributed by atoms with E-state index in [-0.39, 0.29) is 5.91 Å². The summed E-state index contributed by atoms with van der Waals surface area (Å²) in [7, 11) is 6.94. The number of likely N-dealkylation sites (N-methyl/N-ethyl adjacent to an activating group) is 1. The molecule has 2 N–H and O–H groups in total. The number of amides is 1. The maximum absolute atomic E-state index is 12.0. The number of nitrogens with two attached hydrogens (primary N) is 1. The van der Waals surface area contributed by atoms with Crippen LogP contribution in [0, 0.1) is 0 Å². The van der Waals surface area contributed by atoms with Gasteiger partial charge < -0.3 is 20.3 Å². The lowest BCUT2D eigenvalue weighted by Crippen LogP contribution is -2.34. The molecule has 6 heteroatoms. The van der Waals surface area contributed by atoms with E-state index in [1.54, 1.807) is 32.3 Å². The van der Waals surface area contributed by atoms with Gasteiger partial charge in [-0.15, -0.1) is 0 Å². The van der Waals surface area contributed by atoms with Crippen molar-refractivity contribution in [2.45, 2.75) is 13.0 Å². The van der Waals surface area contributed by atoms with Crippen LogP contribution in [-0.2, 0) is 9.53 Å². The van der Waals surface area contributed by atoms with Gasteiger partial charge in [-0.05, 0) is 25.1 Å². The van der Waals surface area contributed by atoms with Crippen molar-refractivity contribution in [1.82, 2.24) is 4.90 Å². The van der Waals surface area contributed by atoms with Crippen LogP contribution in [0.2, 0.25) is 0 Å². The Hall–Kier alpha value is -2.24. The van der Waals surface area contributed by atoms with E-state index in [4.69, 9.17) is 10.5 Å². The number of nitrogens with zero attached hydrogens (tertiary/aromatic N) is 2. The zero-order chi connectivity index (χ0) is 15.4. The maximum Gasteiger partial charge on any atom is 0.338 e. The average Bonchev–Trinajstić information content (AvgIpc) is 2.36. The van der Waals surface area contributed by atoms with Crippen LogP contribution in [-0.4, -0.2) is 51.1 Å². The highest BCUT2D eigenvalue weighted by molar-refractivity contribution is 5.94. The summed E-state index contributed by atoms with van der Waals surface area (Å²) in [6, 6.07) is 4.91. The fourth-order valence-corrected chi connectivity index (χ4v) is 1.73. The minimum Gasteiger partial charge on any atom is -0.449 e. The molecule has 0 radical (unpaired) electrons. The first-order chi connectivity index (χ1) is 9.23. The standard InChI is InChI=1S/C14H21N3O3/c1-9(13(18)17(4)5)20-14(19)10-6-7-12(16(2)3)11(15)8-10/h6-9H,15H2,1-5H3. The Morgan fingerprint density at radius 3 is 2.25 bits per heavy atom. The molecule has 1 unspecified atom stereocenters. The second-order valence-corrected chi connectivity index (χ2v) is 4.95. The van der Waals surface area contributed by atoms with Crippen LogP contribution in [0.25, 0.3) is 0 Å². The molecule has 1 aromatic rings. The first-order valence-electron chi connectivity index (χ1n) is 6.23. The van der Waals surface area contributed by atoms with Crippen molar-refractivity contribution in [3.63, 3.8) is 0 Å². The van der Waals surface area contributed by atoms with Gasteiger partial charge in [0.1, 0.15) is 0 Å². The molecule has 0 bridgehead atoms. The van der Waals surface area contributed by atoms with Gasteiger partial charge in [0, 0.05) is 28.2 Å². The zero-order valence-corrected chi connectivity index (χ0v) is 12.5. The molecule has 0 aliphatic carbocycles. The molecule has 0 aromatic heterocycles. The number of anilines is 2. The van der Waals surface area contributed by atoms with Crippen LogP contribution in [0.1, 0.15) is 17.3 Å². The molecule has 0 aliphatic heterocycles. The van der Waals surface area contributed by atoms with E-state index in [9.17, 15) is 9.59 Å². The van der Waals surface area contributed by atoms with Crippen molar-refractivity contribution in [2.24, 2.45) is 0 Å². The van der Waals surface area contributed by atoms with Gasteiger partial charge >= 0.3 is 5.97 Å². The lowest BCUT2D eigenvalue weighted by Gasteiger charge is -2.18. The maximum atomic E-state index is 12.0. The molecular formula is C14H21N3O3. The Morgan fingerprint density at radius 2 is 1.80 bits per heavy atom. The highest BCUT2D eigenvalue weighted by Gasteiger charge is 2.20. The third-order valence-electron chi connectivity index (χ3n) is 2.82. The quantitative estimate of drug-likeness (QED) is 0.656. The smallest absolute Gasteiger partial charge is 0.338 e. The van der Waals surface area contributed by atoms with Crippen LogP contribution < -0.4 is 10.6 Å². The van der Waals surface area contributed by atoms with Crippen LogP contribution in [0.3, 0.4) is 0 Å². The molecular weight excluding hydrogens is 258 g/mol. The van der Waals surface area contributed by atoms with E-state index < -0.39 is 12.1 Å². The topological polar surface area (TPSA) is 75.9 Å². The summed E-state index contributed by atoms with van der Waals surface area (Å²) in [6.45, 7) is 1.54. The Balaban J connectivity index is 2.83. The fourth-order valence-electron chi connectivity index (χ4n) is 1.73. The minimum absolute atomic E-state index is 0.267. The molecule has 1 amide bonds. The van der Waals surface area contributed by atoms with Gasteiger partial charge in [-0.3, -0.25) is 4.79 Å². The summed E-state index contributed by atoms with van der Waals surface area (Å²) in [5, 5.41) is 0. The van der Waals surface area contributed by atoms with Crippen molar-refractivity contribution in [3.8, 4) is 0 Å². The van der Waals surface area contributed by atoms with E-state index in [1.807, 2.05) is 19.0 Å². The molecule has 0 saturated heterocycles. The molecule has 0 saturated carbocycles. The van der Waals surface area contributed by atoms with E-state index in [0.29, 0.717) is 11.3 Å². The summed E-state index contributed by atoms with van der Waals surface area (Å²) in [5.74, 6) is -0.832. The summed E-state index contributed by atoms with van der Waals surface area (Å²) in [4.78, 5) is 26.8. The Morgan fingerprint density at radius 1 is 1.20 bits per heavy atom. The van der Waals surface area contributed by atoms with Gasteiger partial charge in [0.25, 0.3) is 5.91 Å². The number of rotatable bonds is 4. The molecule has 0 aliphatic rings. The Labute approximate surface area is 119 Å². The van der Waals surface area contributed by atoms with Crippen LogP contribution in [0.4, 0.5) is 11.4 Å². The monoisotopic (exact) mass is 279 g/mol. The molecule has 0 spiro atoms. The minimum atomic E-state index is -0.827. The SMILES string of the molecule is CC(OC(=O)c1ccc(N(C)C)c(N)c1)C(=O)N(C)C. The van der Waals surface area contributed by atoms with Crippen molar-refractivity contribution in [1.29, 1.82) is 0 Å². The van der Waals surface area contributed by atoms with Gasteiger partial charge in [-0.2, -0.15) is 0 Å². The number of carbonyl (C=O) groups excluding carboxylic acids is 2. The number of hydrogen-bond acceptors (Lipinski definition) is 5. The fraction of sp³-hybridized carbons (Fsp3) is 0.429. The van der Waals surface area contributed by atoms with Crippen LogP contribution >= 0.6 is 0 Å². The van der Waals surface area contributed by atoms with E-state index >= 15 is 0 Å². The van der Waals surface area contributed by atoms with Crippen molar-refractivity contribution < 1.29 is 14.3 Å². The average molecular weight is 279 g/mol. The van der Waals surface area contributed by atoms with Gasteiger partial charge in [-0.1, -0.05) is 0 Å². The Bertz CT molecular complexity index is 512. The highest BCUT2D eigenvalue weighted by Crippen LogP contribution is 2.22. The third-order valence-corrected chi connectivity index (χ3v) is 2.82. The lowest BCUT2D eigenvalue weighted by molar-refractivity contribution is -0.137. The first kappa shape index (κ1) is 15.8. The zero-order valence-electron chi connectivity index (χ0n) is 12.5. The highest BCUT2D eigenvalue weighted by atomic mass is 16.5. The lowest BCUT2D eigenvalue weighted by atomic mass is 10.1. The largest absolute Gasteiger partial charge is 0.449 e. The van der Waals surface area contributed by atoms with Crippen molar-refractivity contribution >= 4 is 23.3 Å². The summed E-state index contributed by atoms with van der Waals surface area (Å²) in [5.41, 5.74) is 7.50. The molecule has 0 heterocycles. The predicted octanol–water partition coefficient (Wildman–Crippen LogP) is 0.968. The second kappa shape index (κ2) is 6.27. The molecule has 1 rings (SSSR count). The van der Waals surface area contributed by atoms with Gasteiger partial charge in [0.2, 0.25) is 0 Å². The molecule has 1 aromatic carbocycles. The van der Waals surface area contributed by atoms with Gasteiger partial charge in [-0.25, -0.2) is 4.79 Å².